The molecule has 0 aliphatic carbocycles. The van der Waals surface area contributed by atoms with E-state index in [1.54, 1.807) is 4.90 Å². The largest absolute Gasteiger partial charge is 0.481 e. The molecule has 0 spiro atoms. The number of hydrogen-bond donors (Lipinski definition) is 2. The molecule has 5 nitrogen and oxygen atoms in total. The number of likely N-dealkylation sites (N-methyl/N-ethyl adjacent to an activating group) is 1. The van der Waals surface area contributed by atoms with Crippen molar-refractivity contribution in [1.82, 2.24) is 10.2 Å². The molecule has 2 amide bonds. The van der Waals surface area contributed by atoms with E-state index < -0.39 is 5.97 Å². The number of aliphatic carboxylic acids is 1. The van der Waals surface area contributed by atoms with E-state index in [9.17, 15) is 9.59 Å². The predicted molar refractivity (Wildman–Crippen MR) is 71.5 cm³/mol. The van der Waals surface area contributed by atoms with Crippen molar-refractivity contribution in [3.63, 3.8) is 0 Å². The van der Waals surface area contributed by atoms with Gasteiger partial charge in [-0.15, -0.1) is 0 Å². The fourth-order valence-electron chi connectivity index (χ4n) is 1.54. The van der Waals surface area contributed by atoms with Crippen LogP contribution in [0.25, 0.3) is 0 Å². The van der Waals surface area contributed by atoms with E-state index in [4.69, 9.17) is 5.11 Å². The second-order valence-corrected chi connectivity index (χ2v) is 4.87. The maximum Gasteiger partial charge on any atom is 0.317 e. The Morgan fingerprint density at radius 3 is 2.28 bits per heavy atom. The summed E-state index contributed by atoms with van der Waals surface area (Å²) < 4.78 is 0. The first-order valence-corrected chi connectivity index (χ1v) is 6.19. The topological polar surface area (TPSA) is 69.6 Å². The molecule has 2 N–H and O–H groups in total. The van der Waals surface area contributed by atoms with Crippen LogP contribution in [0.1, 0.15) is 34.1 Å². The molecule has 1 unspecified atom stereocenters. The molecule has 0 bridgehead atoms. The number of rotatable bonds is 7. The summed E-state index contributed by atoms with van der Waals surface area (Å²) >= 11 is 0. The standard InChI is InChI=1S/C13H24N2O3/c1-6-15(8-9(2)3)13(18)14-11(10(4)5)7-12(16)17/h10-11H,2,6-8H2,1,3-5H3,(H,14,18)(H,16,17). The molecule has 0 saturated heterocycles. The summed E-state index contributed by atoms with van der Waals surface area (Å²) in [7, 11) is 0. The van der Waals surface area contributed by atoms with Gasteiger partial charge >= 0.3 is 12.0 Å². The molecular formula is C13H24N2O3. The fraction of sp³-hybridized carbons (Fsp3) is 0.692. The fourth-order valence-corrected chi connectivity index (χ4v) is 1.54. The molecule has 0 radical (unpaired) electrons. The number of carbonyl (C=O) groups is 2. The molecule has 0 aliphatic rings. The Morgan fingerprint density at radius 1 is 1.39 bits per heavy atom. The average molecular weight is 256 g/mol. The van der Waals surface area contributed by atoms with Crippen LogP contribution in [0.5, 0.6) is 0 Å². The van der Waals surface area contributed by atoms with E-state index >= 15 is 0 Å². The predicted octanol–water partition coefficient (Wildman–Crippen LogP) is 2.09. The van der Waals surface area contributed by atoms with Gasteiger partial charge in [-0.2, -0.15) is 0 Å². The van der Waals surface area contributed by atoms with Crippen molar-refractivity contribution in [2.24, 2.45) is 5.92 Å². The third kappa shape index (κ3) is 6.27. The van der Waals surface area contributed by atoms with E-state index in [-0.39, 0.29) is 24.4 Å². The first kappa shape index (κ1) is 16.5. The van der Waals surface area contributed by atoms with Crippen molar-refractivity contribution in [3.8, 4) is 0 Å². The Bertz CT molecular complexity index is 313. The van der Waals surface area contributed by atoms with Crippen LogP contribution in [0, 0.1) is 5.92 Å². The van der Waals surface area contributed by atoms with Crippen molar-refractivity contribution in [1.29, 1.82) is 0 Å². The lowest BCUT2D eigenvalue weighted by atomic mass is 10.0. The quantitative estimate of drug-likeness (QED) is 0.685. The van der Waals surface area contributed by atoms with Crippen LogP contribution in [0.3, 0.4) is 0 Å². The highest BCUT2D eigenvalue weighted by Crippen LogP contribution is 2.07. The smallest absolute Gasteiger partial charge is 0.317 e. The van der Waals surface area contributed by atoms with Crippen LogP contribution in [0.15, 0.2) is 12.2 Å². The molecule has 0 saturated carbocycles. The van der Waals surface area contributed by atoms with Gasteiger partial charge in [-0.05, 0) is 19.8 Å². The normalized spacial score (nSPS) is 12.1. The summed E-state index contributed by atoms with van der Waals surface area (Å²) in [6.45, 7) is 12.3. The minimum Gasteiger partial charge on any atom is -0.481 e. The second kappa shape index (κ2) is 7.74. The highest BCUT2D eigenvalue weighted by molar-refractivity contribution is 5.76. The lowest BCUT2D eigenvalue weighted by molar-refractivity contribution is -0.137. The van der Waals surface area contributed by atoms with Gasteiger partial charge in [-0.3, -0.25) is 4.79 Å². The number of urea groups is 1. The van der Waals surface area contributed by atoms with Gasteiger partial charge in [0.15, 0.2) is 0 Å². The zero-order valence-corrected chi connectivity index (χ0v) is 11.7. The van der Waals surface area contributed by atoms with Gasteiger partial charge in [-0.25, -0.2) is 4.79 Å². The van der Waals surface area contributed by atoms with Crippen molar-refractivity contribution in [2.45, 2.75) is 40.2 Å². The molecule has 1 atom stereocenters. The summed E-state index contributed by atoms with van der Waals surface area (Å²) in [5, 5.41) is 11.6. The molecule has 0 aromatic heterocycles. The maximum absolute atomic E-state index is 12.0. The van der Waals surface area contributed by atoms with Crippen LogP contribution in [0.2, 0.25) is 0 Å². The minimum atomic E-state index is -0.906. The van der Waals surface area contributed by atoms with E-state index in [2.05, 4.69) is 11.9 Å². The molecule has 18 heavy (non-hydrogen) atoms. The number of nitrogens with one attached hydrogen (secondary N) is 1. The third-order valence-electron chi connectivity index (χ3n) is 2.64. The number of carboxylic acids is 1. The van der Waals surface area contributed by atoms with Gasteiger partial charge in [0.05, 0.1) is 6.42 Å². The van der Waals surface area contributed by atoms with Crippen molar-refractivity contribution in [3.05, 3.63) is 12.2 Å². The molecule has 104 valence electrons. The highest BCUT2D eigenvalue weighted by Gasteiger charge is 2.21. The van der Waals surface area contributed by atoms with Crippen molar-refractivity contribution >= 4 is 12.0 Å². The summed E-state index contributed by atoms with van der Waals surface area (Å²) in [6.07, 6.45) is -0.0615. The Kier molecular flexibility index (Phi) is 7.08. The zero-order valence-electron chi connectivity index (χ0n) is 11.7. The van der Waals surface area contributed by atoms with Gasteiger partial charge in [0.2, 0.25) is 0 Å². The Morgan fingerprint density at radius 2 is 1.94 bits per heavy atom. The van der Waals surface area contributed by atoms with Crippen LogP contribution in [0.4, 0.5) is 4.79 Å². The first-order valence-electron chi connectivity index (χ1n) is 6.19. The average Bonchev–Trinajstić information content (AvgIpc) is 2.23. The second-order valence-electron chi connectivity index (χ2n) is 4.87. The molecule has 0 aromatic rings. The molecule has 0 heterocycles. The van der Waals surface area contributed by atoms with Gasteiger partial charge < -0.3 is 15.3 Å². The number of nitrogens with zero attached hydrogens (tertiary/aromatic N) is 1. The van der Waals surface area contributed by atoms with Gasteiger partial charge in [0.1, 0.15) is 0 Å². The summed E-state index contributed by atoms with van der Waals surface area (Å²) in [5.74, 6) is -0.828. The SMILES string of the molecule is C=C(C)CN(CC)C(=O)NC(CC(=O)O)C(C)C. The van der Waals surface area contributed by atoms with Crippen LogP contribution >= 0.6 is 0 Å². The molecule has 0 aliphatic heterocycles. The molecule has 5 heteroatoms. The lowest BCUT2D eigenvalue weighted by Gasteiger charge is -2.27. The maximum atomic E-state index is 12.0. The molecule has 0 aromatic carbocycles. The number of amides is 2. The van der Waals surface area contributed by atoms with Gasteiger partial charge in [0, 0.05) is 19.1 Å². The monoisotopic (exact) mass is 256 g/mol. The summed E-state index contributed by atoms with van der Waals surface area (Å²) in [6, 6.07) is -0.588. The first-order chi connectivity index (χ1) is 8.27. The summed E-state index contributed by atoms with van der Waals surface area (Å²) in [4.78, 5) is 24.3. The molecule has 0 rings (SSSR count). The molecule has 0 fully saturated rings. The van der Waals surface area contributed by atoms with Crippen LogP contribution < -0.4 is 5.32 Å². The lowest BCUT2D eigenvalue weighted by Crippen LogP contribution is -2.47. The van der Waals surface area contributed by atoms with Crippen LogP contribution in [-0.4, -0.2) is 41.1 Å². The van der Waals surface area contributed by atoms with Gasteiger partial charge in [0.25, 0.3) is 0 Å². The highest BCUT2D eigenvalue weighted by atomic mass is 16.4. The number of hydrogen-bond acceptors (Lipinski definition) is 2. The van der Waals surface area contributed by atoms with E-state index in [0.29, 0.717) is 13.1 Å². The summed E-state index contributed by atoms with van der Waals surface area (Å²) in [5.41, 5.74) is 0.895. The van der Waals surface area contributed by atoms with E-state index in [1.165, 1.54) is 0 Å². The Balaban J connectivity index is 4.55. The Hall–Kier alpha value is -1.52. The van der Waals surface area contributed by atoms with Crippen LogP contribution in [-0.2, 0) is 4.79 Å². The minimum absolute atomic E-state index is 0.0615. The van der Waals surface area contributed by atoms with Crippen molar-refractivity contribution < 1.29 is 14.7 Å². The van der Waals surface area contributed by atoms with Crippen molar-refractivity contribution in [2.75, 3.05) is 13.1 Å². The number of carbonyl (C=O) groups excluding carboxylic acids is 1. The third-order valence-corrected chi connectivity index (χ3v) is 2.64. The van der Waals surface area contributed by atoms with E-state index in [1.807, 2.05) is 27.7 Å². The molecular weight excluding hydrogens is 232 g/mol. The van der Waals surface area contributed by atoms with Gasteiger partial charge in [-0.1, -0.05) is 26.0 Å². The Labute approximate surface area is 109 Å². The zero-order chi connectivity index (χ0) is 14.3. The van der Waals surface area contributed by atoms with E-state index in [0.717, 1.165) is 5.57 Å². The number of carboxylic acid groups (broad SMARTS) is 1.